The number of benzene rings is 1. The molecule has 1 aliphatic rings. The lowest BCUT2D eigenvalue weighted by atomic mass is 9.94. The first-order valence-corrected chi connectivity index (χ1v) is 7.70. The molecule has 1 amide bonds. The number of aromatic nitrogens is 2. The van der Waals surface area contributed by atoms with Crippen LogP contribution in [0.1, 0.15) is 49.7 Å². The van der Waals surface area contributed by atoms with Crippen molar-refractivity contribution in [1.29, 1.82) is 0 Å². The summed E-state index contributed by atoms with van der Waals surface area (Å²) in [6, 6.07) is 7.77. The number of aryl methyl sites for hydroxylation is 1. The minimum atomic E-state index is -0.552. The Balaban J connectivity index is 1.94. The minimum absolute atomic E-state index is 0.305. The van der Waals surface area contributed by atoms with Gasteiger partial charge in [-0.3, -0.25) is 4.90 Å². The molecule has 23 heavy (non-hydrogen) atoms. The molecule has 0 bridgehead atoms. The molecular formula is C17H21N3O3. The normalized spacial score (nSPS) is 17.7. The second kappa shape index (κ2) is 5.68. The van der Waals surface area contributed by atoms with Gasteiger partial charge >= 0.3 is 6.09 Å². The van der Waals surface area contributed by atoms with Crippen molar-refractivity contribution in [2.24, 2.45) is 0 Å². The molecule has 0 N–H and O–H groups in total. The van der Waals surface area contributed by atoms with Crippen LogP contribution in [0, 0.1) is 6.92 Å². The monoisotopic (exact) mass is 315 g/mol. The first-order chi connectivity index (χ1) is 10.8. The van der Waals surface area contributed by atoms with Crippen LogP contribution < -0.4 is 0 Å². The van der Waals surface area contributed by atoms with Gasteiger partial charge in [0.25, 0.3) is 0 Å². The van der Waals surface area contributed by atoms with Gasteiger partial charge < -0.3 is 9.15 Å². The molecule has 1 aromatic heterocycles. The largest absolute Gasteiger partial charge is 0.444 e. The molecule has 2 heterocycles. The fourth-order valence-electron chi connectivity index (χ4n) is 2.70. The van der Waals surface area contributed by atoms with Gasteiger partial charge in [-0.2, -0.15) is 0 Å². The predicted molar refractivity (Wildman–Crippen MR) is 83.7 cm³/mol. The first-order valence-electron chi connectivity index (χ1n) is 7.70. The Labute approximate surface area is 135 Å². The van der Waals surface area contributed by atoms with Gasteiger partial charge in [-0.25, -0.2) is 4.79 Å². The summed E-state index contributed by atoms with van der Waals surface area (Å²) in [5, 5.41) is 8.00. The summed E-state index contributed by atoms with van der Waals surface area (Å²) in [7, 11) is 0. The van der Waals surface area contributed by atoms with Crippen LogP contribution in [0.5, 0.6) is 0 Å². The van der Waals surface area contributed by atoms with Gasteiger partial charge in [0, 0.05) is 13.3 Å². The Morgan fingerprint density at radius 2 is 1.96 bits per heavy atom. The summed E-state index contributed by atoms with van der Waals surface area (Å²) in [5.74, 6) is 0.936. The first kappa shape index (κ1) is 15.5. The van der Waals surface area contributed by atoms with Gasteiger partial charge in [-0.05, 0) is 31.9 Å². The quantitative estimate of drug-likeness (QED) is 0.806. The van der Waals surface area contributed by atoms with Crippen LogP contribution in [0.25, 0.3) is 0 Å². The van der Waals surface area contributed by atoms with E-state index in [2.05, 4.69) is 16.3 Å². The molecule has 0 saturated heterocycles. The van der Waals surface area contributed by atoms with E-state index in [-0.39, 0.29) is 12.1 Å². The Hall–Kier alpha value is -2.37. The number of ether oxygens (including phenoxy) is 1. The number of hydrogen-bond donors (Lipinski definition) is 0. The van der Waals surface area contributed by atoms with Crippen LogP contribution in [0.4, 0.5) is 4.79 Å². The highest BCUT2D eigenvalue weighted by Gasteiger charge is 2.36. The average molecular weight is 315 g/mol. The van der Waals surface area contributed by atoms with Crippen molar-refractivity contribution < 1.29 is 13.9 Å². The zero-order valence-corrected chi connectivity index (χ0v) is 13.9. The smallest absolute Gasteiger partial charge is 0.411 e. The number of carbonyl (C=O) groups excluding carboxylic acids is 1. The lowest BCUT2D eigenvalue weighted by Gasteiger charge is -2.36. The van der Waals surface area contributed by atoms with Gasteiger partial charge in [0.2, 0.25) is 11.8 Å². The minimum Gasteiger partial charge on any atom is -0.444 e. The number of fused-ring (bicyclic) bond motifs is 1. The Morgan fingerprint density at radius 1 is 1.26 bits per heavy atom. The topological polar surface area (TPSA) is 68.5 Å². The van der Waals surface area contributed by atoms with E-state index >= 15 is 0 Å². The Bertz CT molecular complexity index is 718. The lowest BCUT2D eigenvalue weighted by Crippen LogP contribution is -2.42. The Kier molecular flexibility index (Phi) is 3.83. The summed E-state index contributed by atoms with van der Waals surface area (Å²) in [5.41, 5.74) is 1.75. The number of carbonyl (C=O) groups is 1. The van der Waals surface area contributed by atoms with E-state index < -0.39 is 5.60 Å². The molecule has 0 radical (unpaired) electrons. The molecule has 0 unspecified atom stereocenters. The molecule has 0 spiro atoms. The van der Waals surface area contributed by atoms with E-state index in [4.69, 9.17) is 9.15 Å². The Morgan fingerprint density at radius 3 is 2.57 bits per heavy atom. The van der Waals surface area contributed by atoms with Crippen molar-refractivity contribution in [3.8, 4) is 0 Å². The van der Waals surface area contributed by atoms with E-state index in [9.17, 15) is 4.79 Å². The molecule has 122 valence electrons. The van der Waals surface area contributed by atoms with Crippen LogP contribution in [-0.4, -0.2) is 26.8 Å². The molecule has 1 aromatic carbocycles. The molecular weight excluding hydrogens is 294 g/mol. The highest BCUT2D eigenvalue weighted by molar-refractivity contribution is 5.69. The molecule has 6 nitrogen and oxygen atoms in total. The number of hydrogen-bond acceptors (Lipinski definition) is 5. The highest BCUT2D eigenvalue weighted by Crippen LogP contribution is 2.33. The summed E-state index contributed by atoms with van der Waals surface area (Å²) in [6.45, 7) is 7.78. The van der Waals surface area contributed by atoms with Crippen LogP contribution in [0.3, 0.4) is 0 Å². The number of nitrogens with zero attached hydrogens (tertiary/aromatic N) is 3. The van der Waals surface area contributed by atoms with Gasteiger partial charge in [0.15, 0.2) is 0 Å². The molecule has 3 rings (SSSR count). The zero-order chi connectivity index (χ0) is 16.6. The molecule has 0 fully saturated rings. The van der Waals surface area contributed by atoms with Gasteiger partial charge in [0.05, 0.1) is 6.54 Å². The van der Waals surface area contributed by atoms with E-state index in [1.165, 1.54) is 5.56 Å². The third-order valence-electron chi connectivity index (χ3n) is 3.70. The summed E-state index contributed by atoms with van der Waals surface area (Å²) < 4.78 is 11.1. The van der Waals surface area contributed by atoms with E-state index in [1.54, 1.807) is 11.8 Å². The van der Waals surface area contributed by atoms with Crippen LogP contribution in [-0.2, 0) is 17.7 Å². The standard InChI is InChI=1S/C17H21N3O3/c1-11-18-19-15(22-11)14-9-12-7-5-6-8-13(12)10-20(14)16(21)23-17(2,3)4/h5-8,14H,9-10H2,1-4H3/t14-/m0/s1. The lowest BCUT2D eigenvalue weighted by molar-refractivity contribution is 0.00840. The van der Waals surface area contributed by atoms with Crippen molar-refractivity contribution in [2.75, 3.05) is 0 Å². The maximum atomic E-state index is 12.6. The van der Waals surface area contributed by atoms with Crippen molar-refractivity contribution >= 4 is 6.09 Å². The number of rotatable bonds is 1. The van der Waals surface area contributed by atoms with Crippen molar-refractivity contribution in [2.45, 2.75) is 52.3 Å². The molecule has 0 aliphatic carbocycles. The fourth-order valence-corrected chi connectivity index (χ4v) is 2.70. The maximum absolute atomic E-state index is 12.6. The number of amides is 1. The van der Waals surface area contributed by atoms with Crippen molar-refractivity contribution in [3.63, 3.8) is 0 Å². The maximum Gasteiger partial charge on any atom is 0.411 e. The summed E-state index contributed by atoms with van der Waals surface area (Å²) in [4.78, 5) is 14.3. The van der Waals surface area contributed by atoms with Crippen LogP contribution >= 0.6 is 0 Å². The van der Waals surface area contributed by atoms with Gasteiger partial charge in [-0.15, -0.1) is 10.2 Å². The van der Waals surface area contributed by atoms with E-state index in [1.807, 2.05) is 39.0 Å². The second-order valence-electron chi connectivity index (χ2n) is 6.76. The highest BCUT2D eigenvalue weighted by atomic mass is 16.6. The van der Waals surface area contributed by atoms with Gasteiger partial charge in [-0.1, -0.05) is 24.3 Å². The second-order valence-corrected chi connectivity index (χ2v) is 6.76. The average Bonchev–Trinajstić information content (AvgIpc) is 2.90. The predicted octanol–water partition coefficient (Wildman–Crippen LogP) is 3.41. The van der Waals surface area contributed by atoms with E-state index in [0.717, 1.165) is 5.56 Å². The molecule has 1 atom stereocenters. The van der Waals surface area contributed by atoms with Crippen molar-refractivity contribution in [3.05, 3.63) is 47.2 Å². The van der Waals surface area contributed by atoms with Crippen molar-refractivity contribution in [1.82, 2.24) is 15.1 Å². The summed E-state index contributed by atoms with van der Waals surface area (Å²) >= 11 is 0. The third kappa shape index (κ3) is 3.36. The van der Waals surface area contributed by atoms with E-state index in [0.29, 0.717) is 24.7 Å². The molecule has 1 aliphatic heterocycles. The molecule has 0 saturated carbocycles. The van der Waals surface area contributed by atoms with Gasteiger partial charge in [0.1, 0.15) is 11.6 Å². The summed E-state index contributed by atoms with van der Waals surface area (Å²) in [6.07, 6.45) is 0.268. The zero-order valence-electron chi connectivity index (χ0n) is 13.9. The van der Waals surface area contributed by atoms with Crippen LogP contribution in [0.2, 0.25) is 0 Å². The molecule has 6 heteroatoms. The third-order valence-corrected chi connectivity index (χ3v) is 3.70. The molecule has 2 aromatic rings. The SMILES string of the molecule is Cc1nnc([C@@H]2Cc3ccccc3CN2C(=O)OC(C)(C)C)o1. The van der Waals surface area contributed by atoms with Crippen LogP contribution in [0.15, 0.2) is 28.7 Å². The fraction of sp³-hybridized carbons (Fsp3) is 0.471.